The van der Waals surface area contributed by atoms with E-state index < -0.39 is 0 Å². The Morgan fingerprint density at radius 1 is 1.40 bits per heavy atom. The predicted molar refractivity (Wildman–Crippen MR) is 64.8 cm³/mol. The van der Waals surface area contributed by atoms with Gasteiger partial charge in [-0.1, -0.05) is 26.8 Å². The molecule has 0 aliphatic rings. The van der Waals surface area contributed by atoms with E-state index in [1.54, 1.807) is 0 Å². The Balaban J connectivity index is 2.83. The summed E-state index contributed by atoms with van der Waals surface area (Å²) < 4.78 is 0. The summed E-state index contributed by atoms with van der Waals surface area (Å²) in [5.41, 5.74) is 2.48. The number of hydrogen-bond donors (Lipinski definition) is 1. The molecule has 0 radical (unpaired) electrons. The van der Waals surface area contributed by atoms with Gasteiger partial charge in [0.15, 0.2) is 0 Å². The van der Waals surface area contributed by atoms with E-state index in [4.69, 9.17) is 0 Å². The molecule has 84 valence electrons. The third-order valence-corrected chi connectivity index (χ3v) is 2.54. The fourth-order valence-electron chi connectivity index (χ4n) is 1.87. The largest absolute Gasteiger partial charge is 0.309 e. The van der Waals surface area contributed by atoms with E-state index in [0.717, 1.165) is 13.0 Å². The lowest BCUT2D eigenvalue weighted by atomic mass is 9.98. The maximum Gasteiger partial charge on any atom is 0.0602 e. The van der Waals surface area contributed by atoms with Gasteiger partial charge in [-0.15, -0.1) is 0 Å². The van der Waals surface area contributed by atoms with Gasteiger partial charge in [-0.2, -0.15) is 0 Å². The van der Waals surface area contributed by atoms with E-state index in [-0.39, 0.29) is 0 Å². The van der Waals surface area contributed by atoms with Crippen LogP contribution in [0.4, 0.5) is 0 Å². The van der Waals surface area contributed by atoms with Gasteiger partial charge in [0.05, 0.1) is 5.69 Å². The minimum absolute atomic E-state index is 0.399. The van der Waals surface area contributed by atoms with Crippen LogP contribution in [-0.2, 0) is 0 Å². The monoisotopic (exact) mass is 206 g/mol. The quantitative estimate of drug-likeness (QED) is 0.800. The van der Waals surface area contributed by atoms with Crippen molar-refractivity contribution in [3.05, 3.63) is 29.6 Å². The van der Waals surface area contributed by atoms with Crippen LogP contribution in [-0.4, -0.2) is 11.5 Å². The zero-order chi connectivity index (χ0) is 11.3. The number of hydrogen-bond acceptors (Lipinski definition) is 2. The summed E-state index contributed by atoms with van der Waals surface area (Å²) >= 11 is 0. The van der Waals surface area contributed by atoms with Crippen molar-refractivity contribution in [1.29, 1.82) is 0 Å². The van der Waals surface area contributed by atoms with E-state index in [2.05, 4.69) is 44.1 Å². The van der Waals surface area contributed by atoms with Gasteiger partial charge in [-0.3, -0.25) is 4.98 Å². The normalized spacial score (nSPS) is 13.1. The van der Waals surface area contributed by atoms with Crippen molar-refractivity contribution in [2.75, 3.05) is 6.54 Å². The van der Waals surface area contributed by atoms with E-state index in [9.17, 15) is 0 Å². The van der Waals surface area contributed by atoms with Crippen molar-refractivity contribution >= 4 is 0 Å². The molecular weight excluding hydrogens is 184 g/mol. The highest BCUT2D eigenvalue weighted by Crippen LogP contribution is 2.21. The van der Waals surface area contributed by atoms with Gasteiger partial charge in [0, 0.05) is 12.2 Å². The summed E-state index contributed by atoms with van der Waals surface area (Å²) in [5.74, 6) is 0.690. The second-order valence-corrected chi connectivity index (χ2v) is 4.45. The lowest BCUT2D eigenvalue weighted by Crippen LogP contribution is -2.24. The number of aromatic nitrogens is 1. The fourth-order valence-corrected chi connectivity index (χ4v) is 1.87. The number of pyridine rings is 1. The molecule has 1 heterocycles. The first kappa shape index (κ1) is 12.2. The van der Waals surface area contributed by atoms with Crippen LogP contribution in [0.25, 0.3) is 0 Å². The average Bonchev–Trinajstić information content (AvgIpc) is 2.17. The summed E-state index contributed by atoms with van der Waals surface area (Å²) in [7, 11) is 0. The van der Waals surface area contributed by atoms with Gasteiger partial charge in [-0.25, -0.2) is 0 Å². The van der Waals surface area contributed by atoms with Crippen molar-refractivity contribution in [2.45, 2.75) is 40.2 Å². The van der Waals surface area contributed by atoms with Crippen LogP contribution in [0.15, 0.2) is 18.3 Å². The lowest BCUT2D eigenvalue weighted by Gasteiger charge is -2.20. The van der Waals surface area contributed by atoms with Crippen molar-refractivity contribution in [2.24, 2.45) is 5.92 Å². The number of nitrogens with one attached hydrogen (secondary N) is 1. The van der Waals surface area contributed by atoms with Crippen LogP contribution in [0.5, 0.6) is 0 Å². The molecule has 0 fully saturated rings. The van der Waals surface area contributed by atoms with Crippen LogP contribution in [0, 0.1) is 12.8 Å². The van der Waals surface area contributed by atoms with Gasteiger partial charge in [-0.05, 0) is 37.4 Å². The molecule has 0 amide bonds. The molecule has 0 aliphatic carbocycles. The number of rotatable bonds is 5. The van der Waals surface area contributed by atoms with Crippen molar-refractivity contribution in [3.63, 3.8) is 0 Å². The van der Waals surface area contributed by atoms with Crippen LogP contribution >= 0.6 is 0 Å². The molecule has 1 rings (SSSR count). The Labute approximate surface area is 93.1 Å². The average molecular weight is 206 g/mol. The summed E-state index contributed by atoms with van der Waals surface area (Å²) in [4.78, 5) is 4.49. The van der Waals surface area contributed by atoms with E-state index in [1.165, 1.54) is 11.3 Å². The van der Waals surface area contributed by atoms with Crippen LogP contribution in [0.2, 0.25) is 0 Å². The minimum atomic E-state index is 0.399. The molecule has 0 saturated carbocycles. The maximum absolute atomic E-state index is 4.49. The van der Waals surface area contributed by atoms with Crippen molar-refractivity contribution < 1.29 is 0 Å². The summed E-state index contributed by atoms with van der Waals surface area (Å²) in [5, 5.41) is 3.51. The molecule has 1 aromatic rings. The fraction of sp³-hybridized carbons (Fsp3) is 0.615. The first-order valence-electron chi connectivity index (χ1n) is 5.80. The highest BCUT2D eigenvalue weighted by molar-refractivity contribution is 5.21. The minimum Gasteiger partial charge on any atom is -0.309 e. The molecule has 0 bridgehead atoms. The molecule has 1 unspecified atom stereocenters. The van der Waals surface area contributed by atoms with Crippen molar-refractivity contribution in [1.82, 2.24) is 10.3 Å². The van der Waals surface area contributed by atoms with Crippen LogP contribution < -0.4 is 5.32 Å². The van der Waals surface area contributed by atoms with Gasteiger partial charge in [0.1, 0.15) is 0 Å². The molecule has 1 atom stereocenters. The van der Waals surface area contributed by atoms with Gasteiger partial charge in [0.2, 0.25) is 0 Å². The second-order valence-electron chi connectivity index (χ2n) is 4.45. The third-order valence-electron chi connectivity index (χ3n) is 2.54. The molecule has 0 spiro atoms. The lowest BCUT2D eigenvalue weighted by molar-refractivity contribution is 0.429. The molecule has 0 aliphatic heterocycles. The zero-order valence-corrected chi connectivity index (χ0v) is 10.2. The molecule has 2 heteroatoms. The Morgan fingerprint density at radius 2 is 2.13 bits per heavy atom. The first-order valence-corrected chi connectivity index (χ1v) is 5.80. The smallest absolute Gasteiger partial charge is 0.0602 e. The molecular formula is C13H22N2. The summed E-state index contributed by atoms with van der Waals surface area (Å²) in [6.07, 6.45) is 3.03. The van der Waals surface area contributed by atoms with Gasteiger partial charge < -0.3 is 5.32 Å². The number of nitrogens with zero attached hydrogens (tertiary/aromatic N) is 1. The van der Waals surface area contributed by atoms with Crippen LogP contribution in [0.3, 0.4) is 0 Å². The molecule has 15 heavy (non-hydrogen) atoms. The topological polar surface area (TPSA) is 24.9 Å². The summed E-state index contributed by atoms with van der Waals surface area (Å²) in [6.45, 7) is 9.78. The van der Waals surface area contributed by atoms with E-state index in [0.29, 0.717) is 12.0 Å². The Kier molecular flexibility index (Phi) is 4.76. The van der Waals surface area contributed by atoms with Gasteiger partial charge >= 0.3 is 0 Å². The Bertz CT molecular complexity index is 294. The molecule has 0 aromatic carbocycles. The van der Waals surface area contributed by atoms with E-state index in [1.807, 2.05) is 12.3 Å². The number of aryl methyl sites for hydroxylation is 1. The highest BCUT2D eigenvalue weighted by Gasteiger charge is 2.14. The van der Waals surface area contributed by atoms with Gasteiger partial charge in [0.25, 0.3) is 0 Å². The zero-order valence-electron chi connectivity index (χ0n) is 10.2. The third kappa shape index (κ3) is 3.63. The summed E-state index contributed by atoms with van der Waals surface area (Å²) in [6, 6.07) is 4.53. The maximum atomic E-state index is 4.49. The highest BCUT2D eigenvalue weighted by atomic mass is 14.9. The SMILES string of the molecule is CCNC(CC(C)C)c1ncccc1C. The Morgan fingerprint density at radius 3 is 2.67 bits per heavy atom. The molecule has 2 nitrogen and oxygen atoms in total. The van der Waals surface area contributed by atoms with Crippen LogP contribution in [0.1, 0.15) is 44.5 Å². The molecule has 0 saturated heterocycles. The first-order chi connectivity index (χ1) is 7.15. The standard InChI is InChI=1S/C13H22N2/c1-5-14-12(9-10(2)3)13-11(4)7-6-8-15-13/h6-8,10,12,14H,5,9H2,1-4H3. The van der Waals surface area contributed by atoms with Crippen molar-refractivity contribution in [3.8, 4) is 0 Å². The molecule has 1 aromatic heterocycles. The Hall–Kier alpha value is -0.890. The second kappa shape index (κ2) is 5.86. The predicted octanol–water partition coefficient (Wildman–Crippen LogP) is 3.09. The van der Waals surface area contributed by atoms with E-state index >= 15 is 0 Å². The molecule has 1 N–H and O–H groups in total.